The van der Waals surface area contributed by atoms with Gasteiger partial charge >= 0.3 is 0 Å². The van der Waals surface area contributed by atoms with Crippen LogP contribution in [-0.4, -0.2) is 36.8 Å². The zero-order valence-corrected chi connectivity index (χ0v) is 17.2. The SMILES string of the molecule is CCN(CC)S(=O)(=O)c1ccc(O)c(NC(=O)Cc2ccc(Cl)cc2Cl)c1. The van der Waals surface area contributed by atoms with Crippen molar-refractivity contribution >= 4 is 44.8 Å². The number of hydrogen-bond donors (Lipinski definition) is 2. The molecule has 0 spiro atoms. The van der Waals surface area contributed by atoms with Gasteiger partial charge in [0, 0.05) is 23.1 Å². The molecule has 0 aromatic heterocycles. The monoisotopic (exact) mass is 430 g/mol. The number of nitrogens with one attached hydrogen (secondary N) is 1. The van der Waals surface area contributed by atoms with Crippen LogP contribution in [-0.2, 0) is 21.2 Å². The van der Waals surface area contributed by atoms with Crippen molar-refractivity contribution in [1.29, 1.82) is 0 Å². The van der Waals surface area contributed by atoms with Crippen molar-refractivity contribution in [2.45, 2.75) is 25.2 Å². The van der Waals surface area contributed by atoms with Gasteiger partial charge in [-0.2, -0.15) is 4.31 Å². The average Bonchev–Trinajstić information content (AvgIpc) is 2.60. The summed E-state index contributed by atoms with van der Waals surface area (Å²) < 4.78 is 26.5. The highest BCUT2D eigenvalue weighted by Gasteiger charge is 2.23. The lowest BCUT2D eigenvalue weighted by molar-refractivity contribution is -0.115. The van der Waals surface area contributed by atoms with E-state index < -0.39 is 15.9 Å². The van der Waals surface area contributed by atoms with Gasteiger partial charge in [-0.25, -0.2) is 8.42 Å². The third-order valence-electron chi connectivity index (χ3n) is 3.95. The van der Waals surface area contributed by atoms with E-state index in [1.807, 2.05) is 0 Å². The Morgan fingerprint density at radius 2 is 1.78 bits per heavy atom. The van der Waals surface area contributed by atoms with E-state index in [0.717, 1.165) is 0 Å². The largest absolute Gasteiger partial charge is 0.506 e. The number of hydrogen-bond acceptors (Lipinski definition) is 4. The van der Waals surface area contributed by atoms with E-state index in [1.165, 1.54) is 28.6 Å². The summed E-state index contributed by atoms with van der Waals surface area (Å²) in [4.78, 5) is 12.3. The lowest BCUT2D eigenvalue weighted by Gasteiger charge is -2.19. The van der Waals surface area contributed by atoms with Crippen LogP contribution in [0.25, 0.3) is 0 Å². The zero-order valence-electron chi connectivity index (χ0n) is 14.9. The summed E-state index contributed by atoms with van der Waals surface area (Å²) in [5.41, 5.74) is 0.572. The van der Waals surface area contributed by atoms with Gasteiger partial charge in [0.15, 0.2) is 0 Å². The third-order valence-corrected chi connectivity index (χ3v) is 6.58. The predicted molar refractivity (Wildman–Crippen MR) is 107 cm³/mol. The molecule has 0 bridgehead atoms. The Bertz CT molecular complexity index is 944. The first-order chi connectivity index (χ1) is 12.7. The van der Waals surface area contributed by atoms with Gasteiger partial charge in [0.25, 0.3) is 0 Å². The van der Waals surface area contributed by atoms with Crippen molar-refractivity contribution in [2.75, 3.05) is 18.4 Å². The standard InChI is InChI=1S/C18H20Cl2N2O4S/c1-3-22(4-2)27(25,26)14-7-8-17(23)16(11-14)21-18(24)9-12-5-6-13(19)10-15(12)20/h5-8,10-11,23H,3-4,9H2,1-2H3,(H,21,24). The van der Waals surface area contributed by atoms with Gasteiger partial charge in [0.1, 0.15) is 5.75 Å². The maximum Gasteiger partial charge on any atom is 0.243 e. The fourth-order valence-electron chi connectivity index (χ4n) is 2.52. The van der Waals surface area contributed by atoms with Crippen molar-refractivity contribution in [3.05, 3.63) is 52.0 Å². The second kappa shape index (κ2) is 8.93. The average molecular weight is 431 g/mol. The lowest BCUT2D eigenvalue weighted by atomic mass is 10.1. The quantitative estimate of drug-likeness (QED) is 0.651. The Labute approximate surface area is 168 Å². The summed E-state index contributed by atoms with van der Waals surface area (Å²) in [6.45, 7) is 4.10. The number of amides is 1. The molecule has 2 aromatic rings. The fraction of sp³-hybridized carbons (Fsp3) is 0.278. The van der Waals surface area contributed by atoms with Crippen molar-refractivity contribution < 1.29 is 18.3 Å². The van der Waals surface area contributed by atoms with Crippen LogP contribution in [0, 0.1) is 0 Å². The van der Waals surface area contributed by atoms with Crippen molar-refractivity contribution in [3.8, 4) is 5.75 Å². The molecule has 2 aromatic carbocycles. The van der Waals surface area contributed by atoms with Gasteiger partial charge in [-0.05, 0) is 35.9 Å². The van der Waals surface area contributed by atoms with Gasteiger partial charge in [-0.15, -0.1) is 0 Å². The minimum atomic E-state index is -3.71. The molecular formula is C18H20Cl2N2O4S. The highest BCUT2D eigenvalue weighted by atomic mass is 35.5. The Hall–Kier alpha value is -1.80. The minimum absolute atomic E-state index is 0.0103. The van der Waals surface area contributed by atoms with Crippen LogP contribution in [0.1, 0.15) is 19.4 Å². The van der Waals surface area contributed by atoms with Crippen LogP contribution >= 0.6 is 23.2 Å². The molecule has 0 unspecified atom stereocenters. The number of halogens is 2. The second-order valence-electron chi connectivity index (χ2n) is 5.73. The number of carbonyl (C=O) groups is 1. The van der Waals surface area contributed by atoms with Crippen LogP contribution in [0.5, 0.6) is 5.75 Å². The zero-order chi connectivity index (χ0) is 20.2. The van der Waals surface area contributed by atoms with Crippen LogP contribution in [0.2, 0.25) is 10.0 Å². The maximum absolute atomic E-state index is 12.6. The Kier molecular flexibility index (Phi) is 7.11. The molecule has 0 aliphatic rings. The number of aromatic hydroxyl groups is 1. The summed E-state index contributed by atoms with van der Waals surface area (Å²) in [5.74, 6) is -0.684. The van der Waals surface area contributed by atoms with Gasteiger partial charge in [0.2, 0.25) is 15.9 Å². The highest BCUT2D eigenvalue weighted by molar-refractivity contribution is 7.89. The molecule has 1 amide bonds. The van der Waals surface area contributed by atoms with Crippen molar-refractivity contribution in [1.82, 2.24) is 4.31 Å². The van der Waals surface area contributed by atoms with E-state index in [2.05, 4.69) is 5.32 Å². The molecule has 0 saturated heterocycles. The molecule has 9 heteroatoms. The Balaban J connectivity index is 2.25. The van der Waals surface area contributed by atoms with E-state index >= 15 is 0 Å². The second-order valence-corrected chi connectivity index (χ2v) is 8.51. The number of anilines is 1. The lowest BCUT2D eigenvalue weighted by Crippen LogP contribution is -2.30. The van der Waals surface area contributed by atoms with Crippen molar-refractivity contribution in [3.63, 3.8) is 0 Å². The predicted octanol–water partition coefficient (Wildman–Crippen LogP) is 3.91. The molecule has 0 aliphatic heterocycles. The first-order valence-corrected chi connectivity index (χ1v) is 10.5. The Morgan fingerprint density at radius 3 is 2.37 bits per heavy atom. The number of nitrogens with zero attached hydrogens (tertiary/aromatic N) is 1. The molecule has 6 nitrogen and oxygen atoms in total. The van der Waals surface area contributed by atoms with Crippen LogP contribution in [0.3, 0.4) is 0 Å². The van der Waals surface area contributed by atoms with Gasteiger partial charge in [-0.3, -0.25) is 4.79 Å². The molecule has 0 radical (unpaired) electrons. The minimum Gasteiger partial charge on any atom is -0.506 e. The van der Waals surface area contributed by atoms with Gasteiger partial charge in [0.05, 0.1) is 17.0 Å². The summed E-state index contributed by atoms with van der Waals surface area (Å²) in [7, 11) is -3.71. The first-order valence-electron chi connectivity index (χ1n) is 8.26. The summed E-state index contributed by atoms with van der Waals surface area (Å²) in [5, 5.41) is 13.3. The molecule has 146 valence electrons. The maximum atomic E-state index is 12.6. The smallest absolute Gasteiger partial charge is 0.243 e. The number of rotatable bonds is 7. The molecule has 0 fully saturated rings. The normalized spacial score (nSPS) is 11.6. The van der Waals surface area contributed by atoms with E-state index in [1.54, 1.807) is 26.0 Å². The molecule has 0 atom stereocenters. The summed E-state index contributed by atoms with van der Waals surface area (Å²) in [6, 6.07) is 8.55. The van der Waals surface area contributed by atoms with Crippen LogP contribution in [0.4, 0.5) is 5.69 Å². The number of phenols is 1. The molecule has 0 saturated carbocycles. The first kappa shape index (κ1) is 21.5. The highest BCUT2D eigenvalue weighted by Crippen LogP contribution is 2.28. The number of benzene rings is 2. The summed E-state index contributed by atoms with van der Waals surface area (Å²) >= 11 is 11.9. The molecule has 0 heterocycles. The number of phenolic OH excluding ortho intramolecular Hbond substituents is 1. The van der Waals surface area contributed by atoms with E-state index in [9.17, 15) is 18.3 Å². The van der Waals surface area contributed by atoms with Gasteiger partial charge < -0.3 is 10.4 Å². The van der Waals surface area contributed by atoms with E-state index in [4.69, 9.17) is 23.2 Å². The van der Waals surface area contributed by atoms with E-state index in [0.29, 0.717) is 28.7 Å². The topological polar surface area (TPSA) is 86.7 Å². The van der Waals surface area contributed by atoms with E-state index in [-0.39, 0.29) is 22.8 Å². The number of sulfonamides is 1. The van der Waals surface area contributed by atoms with Crippen molar-refractivity contribution in [2.24, 2.45) is 0 Å². The Morgan fingerprint density at radius 1 is 1.11 bits per heavy atom. The number of carbonyl (C=O) groups excluding carboxylic acids is 1. The summed E-state index contributed by atoms with van der Waals surface area (Å²) in [6.07, 6.45) is -0.0531. The molecule has 27 heavy (non-hydrogen) atoms. The molecule has 0 aliphatic carbocycles. The van der Waals surface area contributed by atoms with Gasteiger partial charge in [-0.1, -0.05) is 43.1 Å². The molecule has 2 rings (SSSR count). The molecule has 2 N–H and O–H groups in total. The molecular weight excluding hydrogens is 411 g/mol. The fourth-order valence-corrected chi connectivity index (χ4v) is 4.48. The van der Waals surface area contributed by atoms with Crippen LogP contribution < -0.4 is 5.32 Å². The van der Waals surface area contributed by atoms with Crippen LogP contribution in [0.15, 0.2) is 41.3 Å². The third kappa shape index (κ3) is 5.13.